The molecule has 0 bridgehead atoms. The zero-order chi connectivity index (χ0) is 20.2. The van der Waals surface area contributed by atoms with E-state index in [0.29, 0.717) is 0 Å². The number of rotatable bonds is 11. The van der Waals surface area contributed by atoms with Crippen LogP contribution < -0.4 is 0 Å². The normalized spacial score (nSPS) is 19.9. The number of hydrogen-bond acceptors (Lipinski definition) is 9. The van der Waals surface area contributed by atoms with Gasteiger partial charge in [-0.1, -0.05) is 20.8 Å². The fraction of sp³-hybridized carbons (Fsp3) is 0.733. The molecule has 0 saturated carbocycles. The minimum absolute atomic E-state index is 0.275. The first kappa shape index (κ1) is 24.2. The molecule has 25 heavy (non-hydrogen) atoms. The maximum atomic E-state index is 12.3. The molecule has 0 amide bonds. The van der Waals surface area contributed by atoms with Crippen molar-refractivity contribution in [3.63, 3.8) is 0 Å². The zero-order valence-corrected chi connectivity index (χ0v) is 16.3. The number of ketones is 3. The SMILES string of the molecule is CCC(=O)C(O)[C@@H](O)[C@](O)(C(=O)CC)[C@@](O)(C(=O)CC)[C@@H](O)C(=O)I. The molecule has 0 rings (SSSR count). The van der Waals surface area contributed by atoms with Crippen molar-refractivity contribution in [2.24, 2.45) is 0 Å². The van der Waals surface area contributed by atoms with Crippen LogP contribution in [0.25, 0.3) is 0 Å². The summed E-state index contributed by atoms with van der Waals surface area (Å²) in [4.78, 5) is 47.8. The van der Waals surface area contributed by atoms with Crippen LogP contribution in [0, 0.1) is 0 Å². The monoisotopic (exact) mass is 474 g/mol. The average Bonchev–Trinajstić information content (AvgIpc) is 2.61. The molecule has 0 saturated heterocycles. The summed E-state index contributed by atoms with van der Waals surface area (Å²) in [7, 11) is 0. The molecule has 0 fully saturated rings. The molecule has 5 atom stereocenters. The van der Waals surface area contributed by atoms with Crippen LogP contribution in [-0.2, 0) is 19.2 Å². The Morgan fingerprint density at radius 2 is 1.24 bits per heavy atom. The van der Waals surface area contributed by atoms with Gasteiger partial charge in [0, 0.05) is 41.9 Å². The van der Waals surface area contributed by atoms with Crippen molar-refractivity contribution in [1.29, 1.82) is 0 Å². The molecule has 9 nitrogen and oxygen atoms in total. The summed E-state index contributed by atoms with van der Waals surface area (Å²) in [5, 5.41) is 51.7. The molecule has 5 N–H and O–H groups in total. The number of carbonyl (C=O) groups is 4. The highest BCUT2D eigenvalue weighted by Crippen LogP contribution is 2.36. The Bertz CT molecular complexity index is 549. The summed E-state index contributed by atoms with van der Waals surface area (Å²) in [5.41, 5.74) is -6.92. The highest BCUT2D eigenvalue weighted by atomic mass is 127. The van der Waals surface area contributed by atoms with Crippen LogP contribution in [-0.4, -0.2) is 76.2 Å². The lowest BCUT2D eigenvalue weighted by atomic mass is 9.67. The Balaban J connectivity index is 6.63. The predicted octanol–water partition coefficient (Wildman–Crippen LogP) is -1.57. The van der Waals surface area contributed by atoms with E-state index in [-0.39, 0.29) is 6.42 Å². The predicted molar refractivity (Wildman–Crippen MR) is 92.8 cm³/mol. The van der Waals surface area contributed by atoms with Gasteiger partial charge in [0.25, 0.3) is 0 Å². The lowest BCUT2D eigenvalue weighted by Gasteiger charge is -2.46. The Hall–Kier alpha value is -0.790. The third-order valence-electron chi connectivity index (χ3n) is 4.09. The standard InChI is InChI=1S/C15H23IO9/c1-4-7(17)10(20)11(21)14(24,8(18)5-2)15(25,9(19)6-3)12(22)13(16)23/h10-12,20-22,24-25H,4-6H2,1-3H3/t10?,11-,12+,14-,15-/m1/s1. The molecular weight excluding hydrogens is 451 g/mol. The van der Waals surface area contributed by atoms with Crippen LogP contribution >= 0.6 is 22.6 Å². The zero-order valence-electron chi connectivity index (χ0n) is 14.1. The van der Waals surface area contributed by atoms with E-state index < -0.39 is 63.5 Å². The summed E-state index contributed by atoms with van der Waals surface area (Å²) >= 11 is 1.05. The van der Waals surface area contributed by atoms with Crippen LogP contribution in [0.5, 0.6) is 0 Å². The number of aliphatic hydroxyl groups excluding tert-OH is 3. The third-order valence-corrected chi connectivity index (χ3v) is 4.68. The van der Waals surface area contributed by atoms with Gasteiger partial charge in [-0.2, -0.15) is 0 Å². The number of halogens is 1. The van der Waals surface area contributed by atoms with Crippen LogP contribution in [0.15, 0.2) is 0 Å². The summed E-state index contributed by atoms with van der Waals surface area (Å²) in [6, 6.07) is 0. The van der Waals surface area contributed by atoms with Gasteiger partial charge in [0.1, 0.15) is 12.2 Å². The van der Waals surface area contributed by atoms with Crippen molar-refractivity contribution in [2.75, 3.05) is 0 Å². The molecule has 0 aromatic carbocycles. The quantitative estimate of drug-likeness (QED) is 0.175. The summed E-state index contributed by atoms with van der Waals surface area (Å²) < 4.78 is -1.19. The molecule has 0 aromatic heterocycles. The van der Waals surface area contributed by atoms with Crippen molar-refractivity contribution < 1.29 is 44.7 Å². The second-order valence-electron chi connectivity index (χ2n) is 5.50. The Morgan fingerprint density at radius 1 is 0.840 bits per heavy atom. The van der Waals surface area contributed by atoms with Crippen molar-refractivity contribution in [3.8, 4) is 0 Å². The topological polar surface area (TPSA) is 169 Å². The van der Waals surface area contributed by atoms with Crippen LogP contribution in [0.2, 0.25) is 0 Å². The average molecular weight is 474 g/mol. The number of aliphatic hydroxyl groups is 5. The van der Waals surface area contributed by atoms with E-state index in [9.17, 15) is 44.7 Å². The third kappa shape index (κ3) is 4.14. The molecule has 0 spiro atoms. The van der Waals surface area contributed by atoms with Crippen molar-refractivity contribution in [3.05, 3.63) is 0 Å². The smallest absolute Gasteiger partial charge is 0.224 e. The summed E-state index contributed by atoms with van der Waals surface area (Å²) in [6.45, 7) is 3.79. The number of Topliss-reactive ketones (excluding diaryl/α,β-unsaturated/α-hetero) is 3. The molecule has 144 valence electrons. The molecule has 0 aliphatic rings. The molecule has 0 radical (unpaired) electrons. The first-order chi connectivity index (χ1) is 11.4. The van der Waals surface area contributed by atoms with E-state index in [4.69, 9.17) is 0 Å². The fourth-order valence-corrected chi connectivity index (χ4v) is 2.94. The minimum Gasteiger partial charge on any atom is -0.386 e. The fourth-order valence-electron chi connectivity index (χ4n) is 2.49. The molecule has 0 aromatic rings. The van der Waals surface area contributed by atoms with Gasteiger partial charge in [-0.3, -0.25) is 19.2 Å². The van der Waals surface area contributed by atoms with Crippen molar-refractivity contribution >= 4 is 43.7 Å². The van der Waals surface area contributed by atoms with Gasteiger partial charge in [-0.05, 0) is 0 Å². The van der Waals surface area contributed by atoms with Gasteiger partial charge >= 0.3 is 0 Å². The van der Waals surface area contributed by atoms with Crippen LogP contribution in [0.3, 0.4) is 0 Å². The minimum atomic E-state index is -3.47. The van der Waals surface area contributed by atoms with E-state index >= 15 is 0 Å². The first-order valence-corrected chi connectivity index (χ1v) is 8.73. The second-order valence-corrected chi connectivity index (χ2v) is 6.57. The van der Waals surface area contributed by atoms with Crippen molar-refractivity contribution in [1.82, 2.24) is 0 Å². The molecular formula is C15H23IO9. The van der Waals surface area contributed by atoms with E-state index in [1.165, 1.54) is 20.8 Å². The highest BCUT2D eigenvalue weighted by Gasteiger charge is 2.68. The summed E-state index contributed by atoms with van der Waals surface area (Å²) in [6.07, 6.45) is -8.84. The maximum absolute atomic E-state index is 12.3. The van der Waals surface area contributed by atoms with Crippen LogP contribution in [0.4, 0.5) is 0 Å². The van der Waals surface area contributed by atoms with E-state index in [2.05, 4.69) is 0 Å². The largest absolute Gasteiger partial charge is 0.386 e. The highest BCUT2D eigenvalue weighted by molar-refractivity contribution is 14.1. The first-order valence-electron chi connectivity index (χ1n) is 7.65. The van der Waals surface area contributed by atoms with Gasteiger partial charge in [0.05, 0.1) is 0 Å². The summed E-state index contributed by atoms with van der Waals surface area (Å²) in [5.74, 6) is -3.62. The van der Waals surface area contributed by atoms with Crippen molar-refractivity contribution in [2.45, 2.75) is 69.5 Å². The molecule has 0 aliphatic heterocycles. The van der Waals surface area contributed by atoms with E-state index in [0.717, 1.165) is 22.6 Å². The lowest BCUT2D eigenvalue weighted by Crippen LogP contribution is -2.76. The van der Waals surface area contributed by atoms with Gasteiger partial charge < -0.3 is 25.5 Å². The number of hydrogen-bond donors (Lipinski definition) is 5. The Kier molecular flexibility index (Phi) is 8.94. The Labute approximate surface area is 158 Å². The van der Waals surface area contributed by atoms with E-state index in [1.807, 2.05) is 0 Å². The number of carbonyl (C=O) groups excluding carboxylic acids is 4. The lowest BCUT2D eigenvalue weighted by molar-refractivity contribution is -0.234. The molecule has 0 heterocycles. The molecule has 1 unspecified atom stereocenters. The Morgan fingerprint density at radius 3 is 1.56 bits per heavy atom. The molecule has 0 aliphatic carbocycles. The van der Waals surface area contributed by atoms with Gasteiger partial charge in [0.15, 0.2) is 34.7 Å². The van der Waals surface area contributed by atoms with E-state index in [1.54, 1.807) is 0 Å². The van der Waals surface area contributed by atoms with Crippen LogP contribution in [0.1, 0.15) is 40.0 Å². The van der Waals surface area contributed by atoms with Gasteiger partial charge in [0.2, 0.25) is 3.79 Å². The van der Waals surface area contributed by atoms with Gasteiger partial charge in [-0.15, -0.1) is 0 Å². The molecule has 10 heteroatoms. The maximum Gasteiger partial charge on any atom is 0.224 e. The van der Waals surface area contributed by atoms with Gasteiger partial charge in [-0.25, -0.2) is 0 Å². The second kappa shape index (κ2) is 9.24.